The van der Waals surface area contributed by atoms with E-state index in [2.05, 4.69) is 9.97 Å². The van der Waals surface area contributed by atoms with Gasteiger partial charge in [-0.2, -0.15) is 0 Å². The smallest absolute Gasteiger partial charge is 0.269 e. The van der Waals surface area contributed by atoms with Gasteiger partial charge in [0.05, 0.1) is 6.61 Å². The van der Waals surface area contributed by atoms with E-state index in [1.54, 1.807) is 13.3 Å². The Morgan fingerprint density at radius 3 is 3.08 bits per heavy atom. The van der Waals surface area contributed by atoms with Crippen LogP contribution in [0.1, 0.15) is 18.5 Å². The van der Waals surface area contributed by atoms with E-state index >= 15 is 0 Å². The topological polar surface area (TPSA) is 55.0 Å². The van der Waals surface area contributed by atoms with Gasteiger partial charge in [-0.05, 0) is 0 Å². The lowest BCUT2D eigenvalue weighted by Crippen LogP contribution is -2.18. The van der Waals surface area contributed by atoms with Gasteiger partial charge in [0.25, 0.3) is 5.56 Å². The number of hydrogen-bond acceptors (Lipinski definition) is 3. The molecule has 1 atom stereocenters. The van der Waals surface area contributed by atoms with Gasteiger partial charge in [0.1, 0.15) is 5.69 Å². The average Bonchev–Trinajstić information content (AvgIpc) is 2.05. The fourth-order valence-electron chi connectivity index (χ4n) is 1.04. The largest absolute Gasteiger partial charge is 0.384 e. The Balaban J connectivity index is 2.87. The number of nitrogens with one attached hydrogen (secondary N) is 1. The normalized spacial score (nSPS) is 12.8. The molecule has 0 spiro atoms. The summed E-state index contributed by atoms with van der Waals surface area (Å²) in [6.45, 7) is 2.42. The Morgan fingerprint density at radius 2 is 2.50 bits per heavy atom. The van der Waals surface area contributed by atoms with Crippen LogP contribution in [-0.4, -0.2) is 23.7 Å². The summed E-state index contributed by atoms with van der Waals surface area (Å²) in [6, 6.07) is 0. The minimum absolute atomic E-state index is 0.0416. The fraction of sp³-hybridized carbons (Fsp3) is 0.500. The molecule has 0 saturated heterocycles. The molecule has 0 radical (unpaired) electrons. The molecule has 1 unspecified atom stereocenters. The molecule has 1 rings (SSSR count). The predicted molar refractivity (Wildman–Crippen MR) is 45.1 cm³/mol. The second kappa shape index (κ2) is 4.01. The van der Waals surface area contributed by atoms with Crippen LogP contribution in [0.2, 0.25) is 0 Å². The van der Waals surface area contributed by atoms with Gasteiger partial charge in [-0.25, -0.2) is 0 Å². The van der Waals surface area contributed by atoms with Crippen molar-refractivity contribution in [2.45, 2.75) is 12.8 Å². The molecule has 1 N–H and O–H groups in total. The third-order valence-corrected chi connectivity index (χ3v) is 1.62. The van der Waals surface area contributed by atoms with E-state index < -0.39 is 0 Å². The average molecular weight is 168 g/mol. The summed E-state index contributed by atoms with van der Waals surface area (Å²) in [4.78, 5) is 17.7. The molecule has 4 nitrogen and oxygen atoms in total. The molecule has 0 amide bonds. The van der Waals surface area contributed by atoms with Gasteiger partial charge >= 0.3 is 0 Å². The summed E-state index contributed by atoms with van der Waals surface area (Å²) in [6.07, 6.45) is 3.09. The Labute approximate surface area is 70.6 Å². The van der Waals surface area contributed by atoms with Crippen LogP contribution in [0, 0.1) is 0 Å². The summed E-state index contributed by atoms with van der Waals surface area (Å²) in [5.74, 6) is 0.0416. The van der Waals surface area contributed by atoms with Crippen LogP contribution < -0.4 is 5.56 Å². The summed E-state index contributed by atoms with van der Waals surface area (Å²) in [7, 11) is 1.60. The van der Waals surface area contributed by atoms with Crippen molar-refractivity contribution in [1.29, 1.82) is 0 Å². The zero-order valence-electron chi connectivity index (χ0n) is 7.20. The lowest BCUT2D eigenvalue weighted by atomic mass is 10.1. The maximum absolute atomic E-state index is 11.2. The van der Waals surface area contributed by atoms with Gasteiger partial charge in [0.15, 0.2) is 0 Å². The van der Waals surface area contributed by atoms with Crippen LogP contribution in [0.4, 0.5) is 0 Å². The molecular weight excluding hydrogens is 156 g/mol. The standard InChI is InChI=1S/C8H12N2O2/c1-6(5-12-2)7-8(11)10-4-3-9-7/h3-4,6H,5H2,1-2H3,(H,10,11). The molecule has 4 heteroatoms. The molecule has 1 aromatic rings. The Kier molecular flexibility index (Phi) is 2.99. The number of H-pyrrole nitrogens is 1. The number of methoxy groups -OCH3 is 1. The highest BCUT2D eigenvalue weighted by Crippen LogP contribution is 2.05. The van der Waals surface area contributed by atoms with E-state index in [9.17, 15) is 4.79 Å². The zero-order valence-corrected chi connectivity index (χ0v) is 7.20. The quantitative estimate of drug-likeness (QED) is 0.715. The maximum Gasteiger partial charge on any atom is 0.269 e. The number of aromatic amines is 1. The van der Waals surface area contributed by atoms with Crippen molar-refractivity contribution in [3.8, 4) is 0 Å². The number of ether oxygens (including phenoxy) is 1. The molecule has 0 aliphatic carbocycles. The van der Waals surface area contributed by atoms with Crippen molar-refractivity contribution in [1.82, 2.24) is 9.97 Å². The van der Waals surface area contributed by atoms with Gasteiger partial charge in [0.2, 0.25) is 0 Å². The molecule has 0 saturated carbocycles. The molecule has 1 aromatic heterocycles. The van der Waals surface area contributed by atoms with Crippen LogP contribution >= 0.6 is 0 Å². The van der Waals surface area contributed by atoms with Crippen LogP contribution in [0.15, 0.2) is 17.2 Å². The number of aromatic nitrogens is 2. The first-order valence-electron chi connectivity index (χ1n) is 3.78. The second-order valence-corrected chi connectivity index (χ2v) is 2.66. The van der Waals surface area contributed by atoms with E-state index in [1.165, 1.54) is 6.20 Å². The monoisotopic (exact) mass is 168 g/mol. The van der Waals surface area contributed by atoms with Crippen molar-refractivity contribution < 1.29 is 4.74 Å². The lowest BCUT2D eigenvalue weighted by molar-refractivity contribution is 0.182. The van der Waals surface area contributed by atoms with Crippen molar-refractivity contribution in [3.05, 3.63) is 28.4 Å². The van der Waals surface area contributed by atoms with E-state index in [0.717, 1.165) is 0 Å². The Morgan fingerprint density at radius 1 is 1.75 bits per heavy atom. The molecule has 0 fully saturated rings. The third-order valence-electron chi connectivity index (χ3n) is 1.62. The van der Waals surface area contributed by atoms with Gasteiger partial charge in [-0.3, -0.25) is 9.78 Å². The van der Waals surface area contributed by atoms with E-state index in [1.807, 2.05) is 6.92 Å². The first-order chi connectivity index (χ1) is 5.75. The molecule has 1 heterocycles. The first-order valence-corrected chi connectivity index (χ1v) is 3.78. The minimum Gasteiger partial charge on any atom is -0.384 e. The summed E-state index contributed by atoms with van der Waals surface area (Å²) < 4.78 is 4.92. The van der Waals surface area contributed by atoms with Crippen molar-refractivity contribution in [3.63, 3.8) is 0 Å². The van der Waals surface area contributed by atoms with Crippen LogP contribution in [0.5, 0.6) is 0 Å². The molecule has 0 bridgehead atoms. The highest BCUT2D eigenvalue weighted by molar-refractivity contribution is 5.02. The zero-order chi connectivity index (χ0) is 8.97. The lowest BCUT2D eigenvalue weighted by Gasteiger charge is -2.06. The Bertz CT molecular complexity index is 295. The van der Waals surface area contributed by atoms with Crippen molar-refractivity contribution in [2.24, 2.45) is 0 Å². The molecule has 66 valence electrons. The van der Waals surface area contributed by atoms with Gasteiger partial charge in [-0.15, -0.1) is 0 Å². The van der Waals surface area contributed by atoms with Crippen molar-refractivity contribution >= 4 is 0 Å². The summed E-state index contributed by atoms with van der Waals surface area (Å²) in [5, 5.41) is 0. The van der Waals surface area contributed by atoms with Gasteiger partial charge in [-0.1, -0.05) is 6.92 Å². The molecule has 0 aliphatic rings. The van der Waals surface area contributed by atoms with Crippen LogP contribution in [0.3, 0.4) is 0 Å². The highest BCUT2D eigenvalue weighted by Gasteiger charge is 2.09. The second-order valence-electron chi connectivity index (χ2n) is 2.66. The van der Waals surface area contributed by atoms with Crippen LogP contribution in [-0.2, 0) is 4.74 Å². The third kappa shape index (κ3) is 1.92. The maximum atomic E-state index is 11.2. The van der Waals surface area contributed by atoms with E-state index in [-0.39, 0.29) is 11.5 Å². The van der Waals surface area contributed by atoms with E-state index in [0.29, 0.717) is 12.3 Å². The number of nitrogens with zero attached hydrogens (tertiary/aromatic N) is 1. The van der Waals surface area contributed by atoms with E-state index in [4.69, 9.17) is 4.74 Å². The fourth-order valence-corrected chi connectivity index (χ4v) is 1.04. The summed E-state index contributed by atoms with van der Waals surface area (Å²) >= 11 is 0. The first kappa shape index (κ1) is 8.93. The molecule has 0 aliphatic heterocycles. The SMILES string of the molecule is COCC(C)c1ncc[nH]c1=O. The highest BCUT2D eigenvalue weighted by atomic mass is 16.5. The Hall–Kier alpha value is -1.16. The van der Waals surface area contributed by atoms with Gasteiger partial charge < -0.3 is 9.72 Å². The summed E-state index contributed by atoms with van der Waals surface area (Å²) in [5.41, 5.74) is 0.390. The van der Waals surface area contributed by atoms with Crippen molar-refractivity contribution in [2.75, 3.05) is 13.7 Å². The number of rotatable bonds is 3. The molecular formula is C8H12N2O2. The van der Waals surface area contributed by atoms with Crippen LogP contribution in [0.25, 0.3) is 0 Å². The molecule has 0 aromatic carbocycles. The predicted octanol–water partition coefficient (Wildman–Crippen LogP) is 0.520. The van der Waals surface area contributed by atoms with Gasteiger partial charge in [0, 0.05) is 25.4 Å². The number of hydrogen-bond donors (Lipinski definition) is 1. The minimum atomic E-state index is -0.137. The molecule has 12 heavy (non-hydrogen) atoms.